The van der Waals surface area contributed by atoms with Gasteiger partial charge in [-0.1, -0.05) is 66.2 Å². The zero-order chi connectivity index (χ0) is 24.0. The maximum absolute atomic E-state index is 12.6. The fraction of sp³-hybridized carbons (Fsp3) is 0.269. The number of aliphatic carboxylic acids is 2. The van der Waals surface area contributed by atoms with Crippen LogP contribution in [0.4, 0.5) is 0 Å². The van der Waals surface area contributed by atoms with Crippen molar-refractivity contribution < 1.29 is 24.6 Å². The second kappa shape index (κ2) is 11.0. The highest BCUT2D eigenvalue weighted by Crippen LogP contribution is 2.28. The van der Waals surface area contributed by atoms with Crippen LogP contribution in [0, 0.1) is 5.92 Å². The summed E-state index contributed by atoms with van der Waals surface area (Å²) >= 11 is 6.06. The van der Waals surface area contributed by atoms with Crippen LogP contribution in [0.3, 0.4) is 0 Å². The highest BCUT2D eigenvalue weighted by molar-refractivity contribution is 6.30. The van der Waals surface area contributed by atoms with Gasteiger partial charge in [0.25, 0.3) is 0 Å². The summed E-state index contributed by atoms with van der Waals surface area (Å²) in [7, 11) is 0. The van der Waals surface area contributed by atoms with Gasteiger partial charge < -0.3 is 15.5 Å². The molecule has 33 heavy (non-hydrogen) atoms. The molecule has 1 amide bonds. The molecule has 3 aromatic carbocycles. The number of carboxylic acids is 2. The van der Waals surface area contributed by atoms with Crippen molar-refractivity contribution in [1.82, 2.24) is 5.32 Å². The number of carbonyl (C=O) groups is 3. The van der Waals surface area contributed by atoms with Crippen molar-refractivity contribution in [2.75, 3.05) is 0 Å². The van der Waals surface area contributed by atoms with Crippen LogP contribution in [0.25, 0.3) is 10.8 Å². The Morgan fingerprint density at radius 3 is 2.21 bits per heavy atom. The molecule has 0 bridgehead atoms. The lowest BCUT2D eigenvalue weighted by molar-refractivity contribution is -0.149. The van der Waals surface area contributed by atoms with Crippen molar-refractivity contribution >= 4 is 40.2 Å². The van der Waals surface area contributed by atoms with Crippen LogP contribution >= 0.6 is 11.6 Å². The zero-order valence-electron chi connectivity index (χ0n) is 18.2. The normalized spacial score (nSPS) is 13.8. The molecule has 6 nitrogen and oxygen atoms in total. The van der Waals surface area contributed by atoms with Gasteiger partial charge in [0.05, 0.1) is 12.3 Å². The fourth-order valence-electron chi connectivity index (χ4n) is 4.01. The first-order chi connectivity index (χ1) is 15.7. The molecule has 0 aliphatic carbocycles. The van der Waals surface area contributed by atoms with E-state index in [2.05, 4.69) is 35.6 Å². The number of hydrogen-bond acceptors (Lipinski definition) is 3. The molecule has 0 radical (unpaired) electrons. The van der Waals surface area contributed by atoms with Crippen LogP contribution in [0.1, 0.15) is 36.8 Å². The summed E-state index contributed by atoms with van der Waals surface area (Å²) in [6.07, 6.45) is -0.352. The molecule has 172 valence electrons. The van der Waals surface area contributed by atoms with Crippen molar-refractivity contribution in [3.63, 3.8) is 0 Å². The number of hydrogen-bond donors (Lipinski definition) is 3. The predicted molar refractivity (Wildman–Crippen MR) is 127 cm³/mol. The maximum Gasteiger partial charge on any atom is 0.307 e. The summed E-state index contributed by atoms with van der Waals surface area (Å²) in [4.78, 5) is 34.8. The fourth-order valence-corrected chi connectivity index (χ4v) is 4.13. The first kappa shape index (κ1) is 24.3. The lowest BCUT2D eigenvalue weighted by atomic mass is 9.86. The zero-order valence-corrected chi connectivity index (χ0v) is 19.0. The Labute approximate surface area is 197 Å². The van der Waals surface area contributed by atoms with E-state index < -0.39 is 36.6 Å². The van der Waals surface area contributed by atoms with Crippen LogP contribution in [0.15, 0.2) is 66.7 Å². The maximum atomic E-state index is 12.6. The average Bonchev–Trinajstić information content (AvgIpc) is 2.77. The molecule has 3 N–H and O–H groups in total. The summed E-state index contributed by atoms with van der Waals surface area (Å²) < 4.78 is 0. The molecule has 0 saturated carbocycles. The van der Waals surface area contributed by atoms with Gasteiger partial charge in [0.2, 0.25) is 5.91 Å². The molecule has 3 aromatic rings. The van der Waals surface area contributed by atoms with E-state index in [1.165, 1.54) is 0 Å². The smallest absolute Gasteiger partial charge is 0.307 e. The molecular formula is C26H26ClNO5. The van der Waals surface area contributed by atoms with E-state index in [1.54, 1.807) is 12.1 Å². The largest absolute Gasteiger partial charge is 0.481 e. The van der Waals surface area contributed by atoms with Crippen LogP contribution < -0.4 is 5.32 Å². The van der Waals surface area contributed by atoms with Crippen molar-refractivity contribution in [1.29, 1.82) is 0 Å². The van der Waals surface area contributed by atoms with Gasteiger partial charge in [0.1, 0.15) is 0 Å². The highest BCUT2D eigenvalue weighted by Gasteiger charge is 2.27. The summed E-state index contributed by atoms with van der Waals surface area (Å²) in [6, 6.07) is 21.4. The highest BCUT2D eigenvalue weighted by atomic mass is 35.5. The summed E-state index contributed by atoms with van der Waals surface area (Å²) in [5, 5.41) is 23.9. The van der Waals surface area contributed by atoms with Gasteiger partial charge in [-0.15, -0.1) is 0 Å². The number of nitrogens with one attached hydrogen (secondary N) is 1. The molecule has 0 spiro atoms. The lowest BCUT2D eigenvalue weighted by Crippen LogP contribution is -2.39. The van der Waals surface area contributed by atoms with Crippen molar-refractivity contribution in [3.8, 4) is 0 Å². The lowest BCUT2D eigenvalue weighted by Gasteiger charge is -2.26. The molecule has 0 fully saturated rings. The van der Waals surface area contributed by atoms with E-state index in [1.807, 2.05) is 31.2 Å². The molecule has 0 aromatic heterocycles. The van der Waals surface area contributed by atoms with Gasteiger partial charge in [-0.05, 0) is 47.4 Å². The molecular weight excluding hydrogens is 442 g/mol. The molecule has 3 atom stereocenters. The van der Waals surface area contributed by atoms with E-state index in [9.17, 15) is 19.5 Å². The number of carboxylic acid groups (broad SMARTS) is 2. The summed E-state index contributed by atoms with van der Waals surface area (Å²) in [5.74, 6) is -4.42. The minimum absolute atomic E-state index is 0.102. The number of carbonyl (C=O) groups excluding carboxylic acids is 1. The van der Waals surface area contributed by atoms with Gasteiger partial charge in [-0.2, -0.15) is 0 Å². The molecule has 0 heterocycles. The second-order valence-corrected chi connectivity index (χ2v) is 8.67. The van der Waals surface area contributed by atoms with Gasteiger partial charge in [0, 0.05) is 23.4 Å². The first-order valence-electron chi connectivity index (χ1n) is 10.7. The Morgan fingerprint density at radius 1 is 0.909 bits per heavy atom. The Kier molecular flexibility index (Phi) is 8.06. The summed E-state index contributed by atoms with van der Waals surface area (Å²) in [6.45, 7) is 1.87. The van der Waals surface area contributed by atoms with Crippen molar-refractivity contribution in [2.45, 2.75) is 38.1 Å². The number of rotatable bonds is 10. The van der Waals surface area contributed by atoms with Gasteiger partial charge in [-0.25, -0.2) is 0 Å². The van der Waals surface area contributed by atoms with E-state index in [0.29, 0.717) is 11.4 Å². The molecule has 0 saturated heterocycles. The number of halogens is 1. The van der Waals surface area contributed by atoms with Crippen molar-refractivity contribution in [3.05, 3.63) is 82.9 Å². The third-order valence-electron chi connectivity index (χ3n) is 5.76. The SMILES string of the molecule is CC(NC(=O)CC(CC(=O)O)C(=O)O)C(Cc1ccc2ccccc2c1)c1ccc(Cl)cc1. The van der Waals surface area contributed by atoms with Crippen LogP contribution in [0.2, 0.25) is 5.02 Å². The monoisotopic (exact) mass is 467 g/mol. The Balaban J connectivity index is 1.80. The molecule has 0 aliphatic rings. The third-order valence-corrected chi connectivity index (χ3v) is 6.01. The Bertz CT molecular complexity index is 1140. The minimum atomic E-state index is -1.30. The molecule has 0 aliphatic heterocycles. The number of amides is 1. The molecule has 3 rings (SSSR count). The van der Waals surface area contributed by atoms with E-state index in [0.717, 1.165) is 21.9 Å². The van der Waals surface area contributed by atoms with Crippen LogP contribution in [0.5, 0.6) is 0 Å². The van der Waals surface area contributed by atoms with Gasteiger partial charge >= 0.3 is 11.9 Å². The standard InChI is InChI=1S/C26H26ClNO5/c1-16(28-24(29)14-21(26(32)33)15-25(30)31)23(19-8-10-22(27)11-9-19)13-17-6-7-18-4-2-3-5-20(18)12-17/h2-12,16,21,23H,13-15H2,1H3,(H,28,29)(H,30,31)(H,32,33). The quantitative estimate of drug-likeness (QED) is 0.394. The van der Waals surface area contributed by atoms with Gasteiger partial charge in [-0.3, -0.25) is 14.4 Å². The average molecular weight is 468 g/mol. The Hall–Kier alpha value is -3.38. The topological polar surface area (TPSA) is 104 Å². The molecule has 7 heteroatoms. The number of fused-ring (bicyclic) bond motifs is 1. The number of benzene rings is 3. The van der Waals surface area contributed by atoms with E-state index >= 15 is 0 Å². The van der Waals surface area contributed by atoms with E-state index in [-0.39, 0.29) is 12.0 Å². The third kappa shape index (κ3) is 6.80. The second-order valence-electron chi connectivity index (χ2n) is 8.24. The minimum Gasteiger partial charge on any atom is -0.481 e. The molecule has 3 unspecified atom stereocenters. The van der Waals surface area contributed by atoms with Crippen molar-refractivity contribution in [2.24, 2.45) is 5.92 Å². The van der Waals surface area contributed by atoms with Crippen LogP contribution in [-0.4, -0.2) is 34.1 Å². The first-order valence-corrected chi connectivity index (χ1v) is 11.1. The van der Waals surface area contributed by atoms with Gasteiger partial charge in [0.15, 0.2) is 0 Å². The summed E-state index contributed by atoms with van der Waals surface area (Å²) in [5.41, 5.74) is 2.09. The van der Waals surface area contributed by atoms with E-state index in [4.69, 9.17) is 16.7 Å². The Morgan fingerprint density at radius 2 is 1.58 bits per heavy atom. The van der Waals surface area contributed by atoms with Crippen LogP contribution in [-0.2, 0) is 20.8 Å². The predicted octanol–water partition coefficient (Wildman–Crippen LogP) is 4.89.